The molecule has 4 rings (SSSR count). The van der Waals surface area contributed by atoms with E-state index in [-0.39, 0.29) is 5.91 Å². The lowest BCUT2D eigenvalue weighted by Gasteiger charge is -2.10. The largest absolute Gasteiger partial charge is 0.492 e. The lowest BCUT2D eigenvalue weighted by molar-refractivity contribution is 0.101. The normalized spacial score (nSPS) is 10.9. The minimum atomic E-state index is -0.197. The van der Waals surface area contributed by atoms with Gasteiger partial charge in [0.25, 0.3) is 5.91 Å². The number of aromatic nitrogens is 3. The smallest absolute Gasteiger partial charge is 0.274 e. The quantitative estimate of drug-likeness (QED) is 0.446. The van der Waals surface area contributed by atoms with Crippen LogP contribution in [0.5, 0.6) is 5.75 Å². The van der Waals surface area contributed by atoms with Gasteiger partial charge in [0.2, 0.25) is 0 Å². The summed E-state index contributed by atoms with van der Waals surface area (Å²) in [6, 6.07) is 17.2. The minimum Gasteiger partial charge on any atom is -0.492 e. The maximum absolute atomic E-state index is 12.7. The van der Waals surface area contributed by atoms with E-state index < -0.39 is 0 Å². The fourth-order valence-electron chi connectivity index (χ4n) is 2.84. The van der Waals surface area contributed by atoms with Crippen molar-refractivity contribution in [3.05, 3.63) is 95.5 Å². The highest BCUT2D eigenvalue weighted by atomic mass is 32.1. The second kappa shape index (κ2) is 9.67. The van der Waals surface area contributed by atoms with Crippen molar-refractivity contribution in [1.82, 2.24) is 14.5 Å². The molecule has 1 aromatic carbocycles. The Hall–Kier alpha value is -3.71. The molecule has 30 heavy (non-hydrogen) atoms. The molecule has 6 nitrogen and oxygen atoms in total. The summed E-state index contributed by atoms with van der Waals surface area (Å²) in [5.74, 6) is 0.555. The summed E-state index contributed by atoms with van der Waals surface area (Å²) in [6.45, 7) is 1.01. The van der Waals surface area contributed by atoms with Crippen molar-refractivity contribution in [1.29, 1.82) is 0 Å². The number of carbonyl (C=O) groups is 1. The molecule has 150 valence electrons. The Kier molecular flexibility index (Phi) is 6.31. The van der Waals surface area contributed by atoms with Crippen LogP contribution in [0.4, 0.5) is 5.13 Å². The maximum Gasteiger partial charge on any atom is 0.274 e. The number of anilines is 1. The van der Waals surface area contributed by atoms with E-state index in [1.165, 1.54) is 11.3 Å². The molecule has 0 radical (unpaired) electrons. The van der Waals surface area contributed by atoms with Gasteiger partial charge in [0.1, 0.15) is 18.1 Å². The average molecular weight is 417 g/mol. The van der Waals surface area contributed by atoms with Gasteiger partial charge >= 0.3 is 0 Å². The first-order chi connectivity index (χ1) is 14.8. The number of nitrogens with one attached hydrogen (secondary N) is 1. The highest BCUT2D eigenvalue weighted by Crippen LogP contribution is 2.19. The average Bonchev–Trinajstić information content (AvgIpc) is 3.43. The number of amides is 1. The molecule has 4 aromatic rings. The molecule has 3 aromatic heterocycles. The second-order valence-corrected chi connectivity index (χ2v) is 7.25. The zero-order valence-electron chi connectivity index (χ0n) is 16.1. The van der Waals surface area contributed by atoms with Crippen molar-refractivity contribution in [2.45, 2.75) is 6.54 Å². The van der Waals surface area contributed by atoms with Crippen molar-refractivity contribution >= 4 is 34.5 Å². The Bertz CT molecular complexity index is 1120. The molecule has 7 heteroatoms. The fraction of sp³-hybridized carbons (Fsp3) is 0.0870. The molecule has 0 saturated heterocycles. The Labute approximate surface area is 178 Å². The van der Waals surface area contributed by atoms with Crippen molar-refractivity contribution < 1.29 is 9.53 Å². The van der Waals surface area contributed by atoms with Crippen LogP contribution in [0.25, 0.3) is 12.2 Å². The van der Waals surface area contributed by atoms with Crippen LogP contribution >= 0.6 is 11.3 Å². The van der Waals surface area contributed by atoms with Crippen LogP contribution in [-0.2, 0) is 6.54 Å². The van der Waals surface area contributed by atoms with E-state index in [2.05, 4.69) is 15.3 Å². The first-order valence-electron chi connectivity index (χ1n) is 9.46. The number of hydrogen-bond acceptors (Lipinski definition) is 5. The molecule has 0 aliphatic rings. The Morgan fingerprint density at radius 3 is 2.73 bits per heavy atom. The molecule has 1 N–H and O–H groups in total. The monoisotopic (exact) mass is 416 g/mol. The van der Waals surface area contributed by atoms with Crippen LogP contribution in [0, 0.1) is 0 Å². The lowest BCUT2D eigenvalue weighted by Crippen LogP contribution is -2.18. The molecule has 0 aliphatic heterocycles. The number of rotatable bonds is 8. The van der Waals surface area contributed by atoms with Gasteiger partial charge < -0.3 is 9.30 Å². The van der Waals surface area contributed by atoms with Crippen molar-refractivity contribution in [2.24, 2.45) is 0 Å². The third kappa shape index (κ3) is 5.21. The summed E-state index contributed by atoms with van der Waals surface area (Å²) in [6.07, 6.45) is 9.15. The number of carbonyl (C=O) groups excluding carboxylic acids is 1. The lowest BCUT2D eigenvalue weighted by atomic mass is 10.2. The predicted octanol–water partition coefficient (Wildman–Crippen LogP) is 4.84. The number of pyridine rings is 1. The Morgan fingerprint density at radius 1 is 1.07 bits per heavy atom. The second-order valence-electron chi connectivity index (χ2n) is 6.39. The number of ether oxygens (including phenoxy) is 1. The van der Waals surface area contributed by atoms with E-state index in [1.54, 1.807) is 30.6 Å². The topological polar surface area (TPSA) is 69.0 Å². The summed E-state index contributed by atoms with van der Waals surface area (Å²) >= 11 is 1.40. The van der Waals surface area contributed by atoms with Gasteiger partial charge in [0.15, 0.2) is 5.13 Å². The van der Waals surface area contributed by atoms with Crippen molar-refractivity contribution in [3.8, 4) is 5.75 Å². The molecule has 0 saturated carbocycles. The predicted molar refractivity (Wildman–Crippen MR) is 120 cm³/mol. The van der Waals surface area contributed by atoms with Crippen LogP contribution in [0.2, 0.25) is 0 Å². The summed E-state index contributed by atoms with van der Waals surface area (Å²) in [4.78, 5) is 21.1. The number of hydrogen-bond donors (Lipinski definition) is 1. The summed E-state index contributed by atoms with van der Waals surface area (Å²) < 4.78 is 7.55. The summed E-state index contributed by atoms with van der Waals surface area (Å²) in [5, 5.41) is 5.35. The SMILES string of the molecule is O=C(Nc1nc(/C=C/c2ccccc2)cs1)c1cccn1CCOc1ccncc1. The molecule has 0 fully saturated rings. The van der Waals surface area contributed by atoms with Gasteiger partial charge in [-0.1, -0.05) is 36.4 Å². The maximum atomic E-state index is 12.7. The highest BCUT2D eigenvalue weighted by molar-refractivity contribution is 7.14. The zero-order valence-corrected chi connectivity index (χ0v) is 17.0. The van der Waals surface area contributed by atoms with Gasteiger partial charge in [-0.15, -0.1) is 11.3 Å². The summed E-state index contributed by atoms with van der Waals surface area (Å²) in [7, 11) is 0. The van der Waals surface area contributed by atoms with E-state index in [0.29, 0.717) is 24.0 Å². The fourth-order valence-corrected chi connectivity index (χ4v) is 3.51. The number of nitrogens with zero attached hydrogens (tertiary/aromatic N) is 3. The van der Waals surface area contributed by atoms with Gasteiger partial charge in [-0.25, -0.2) is 4.98 Å². The third-order valence-corrected chi connectivity index (χ3v) is 5.08. The first kappa shape index (κ1) is 19.6. The highest BCUT2D eigenvalue weighted by Gasteiger charge is 2.13. The molecule has 0 bridgehead atoms. The summed E-state index contributed by atoms with van der Waals surface area (Å²) in [5.41, 5.74) is 2.47. The van der Waals surface area contributed by atoms with Crippen LogP contribution in [0.1, 0.15) is 21.7 Å². The zero-order chi connectivity index (χ0) is 20.6. The first-order valence-corrected chi connectivity index (χ1v) is 10.3. The molecule has 0 spiro atoms. The molecular formula is C23H20N4O2S. The van der Waals surface area contributed by atoms with Gasteiger partial charge in [-0.3, -0.25) is 15.1 Å². The van der Waals surface area contributed by atoms with Crippen molar-refractivity contribution in [3.63, 3.8) is 0 Å². The van der Waals surface area contributed by atoms with Gasteiger partial charge in [0.05, 0.1) is 12.2 Å². The molecule has 3 heterocycles. The van der Waals surface area contributed by atoms with Crippen LogP contribution < -0.4 is 10.1 Å². The number of thiazole rings is 1. The molecule has 0 aliphatic carbocycles. The molecule has 1 amide bonds. The molecule has 0 atom stereocenters. The molecular weight excluding hydrogens is 396 g/mol. The van der Waals surface area contributed by atoms with E-state index in [4.69, 9.17) is 4.74 Å². The van der Waals surface area contributed by atoms with E-state index in [1.807, 2.05) is 64.7 Å². The van der Waals surface area contributed by atoms with Crippen molar-refractivity contribution in [2.75, 3.05) is 11.9 Å². The van der Waals surface area contributed by atoms with Gasteiger partial charge in [-0.2, -0.15) is 0 Å². The van der Waals surface area contributed by atoms with E-state index in [0.717, 1.165) is 17.0 Å². The van der Waals surface area contributed by atoms with Crippen LogP contribution in [0.15, 0.2) is 78.6 Å². The van der Waals surface area contributed by atoms with Crippen LogP contribution in [0.3, 0.4) is 0 Å². The minimum absolute atomic E-state index is 0.197. The van der Waals surface area contributed by atoms with Gasteiger partial charge in [-0.05, 0) is 35.9 Å². The van der Waals surface area contributed by atoms with E-state index in [9.17, 15) is 4.79 Å². The third-order valence-electron chi connectivity index (χ3n) is 4.30. The van der Waals surface area contributed by atoms with Crippen LogP contribution in [-0.4, -0.2) is 27.0 Å². The molecule has 0 unspecified atom stereocenters. The standard InChI is InChI=1S/C23H20N4O2S/c28-22(21-7-4-14-27(21)15-16-29-20-10-12-24-13-11-20)26-23-25-19(17-30-23)9-8-18-5-2-1-3-6-18/h1-14,17H,15-16H2,(H,25,26,28)/b9-8+. The van der Waals surface area contributed by atoms with E-state index >= 15 is 0 Å². The number of benzene rings is 1. The van der Waals surface area contributed by atoms with Gasteiger partial charge in [0, 0.05) is 24.0 Å². The Balaban J connectivity index is 1.34. The Morgan fingerprint density at radius 2 is 1.90 bits per heavy atom.